The molecule has 15 heteroatoms. The summed E-state index contributed by atoms with van der Waals surface area (Å²) >= 11 is 19.2. The molecule has 3 aliphatic heterocycles. The zero-order valence-corrected chi connectivity index (χ0v) is 26.1. The number of fused-ring (bicyclic) bond motifs is 1. The van der Waals surface area contributed by atoms with E-state index < -0.39 is 9.84 Å². The highest BCUT2D eigenvalue weighted by atomic mass is 35.5. The van der Waals surface area contributed by atoms with Crippen LogP contribution in [0.5, 0.6) is 5.88 Å². The van der Waals surface area contributed by atoms with Gasteiger partial charge in [0.2, 0.25) is 11.8 Å². The predicted octanol–water partition coefficient (Wildman–Crippen LogP) is 4.50. The van der Waals surface area contributed by atoms with Crippen molar-refractivity contribution in [2.24, 2.45) is 0 Å². The number of sulfone groups is 1. The molecule has 2 aromatic carbocycles. The lowest BCUT2D eigenvalue weighted by Crippen LogP contribution is -2.47. The second kappa shape index (κ2) is 12.6. The van der Waals surface area contributed by atoms with Crippen LogP contribution in [-0.4, -0.2) is 92.9 Å². The number of nitrogens with zero attached hydrogens (tertiary/aromatic N) is 5. The summed E-state index contributed by atoms with van der Waals surface area (Å²) in [6.45, 7) is 4.51. The van der Waals surface area contributed by atoms with Gasteiger partial charge in [-0.3, -0.25) is 14.6 Å². The zero-order valence-electron chi connectivity index (χ0n) is 23.0. The Hall–Kier alpha value is -2.87. The molecule has 0 radical (unpaired) electrons. The first-order valence-corrected chi connectivity index (χ1v) is 16.6. The molecule has 43 heavy (non-hydrogen) atoms. The number of carbonyl (C=O) groups is 1. The molecular formula is C28H29Cl3N6O5S. The Morgan fingerprint density at radius 2 is 1.74 bits per heavy atom. The minimum atomic E-state index is -3.06. The molecule has 0 unspecified atom stereocenters. The molecule has 6 rings (SSSR count). The fraction of sp³-hybridized carbons (Fsp3) is 0.393. The van der Waals surface area contributed by atoms with Gasteiger partial charge >= 0.3 is 0 Å². The van der Waals surface area contributed by atoms with Crippen LogP contribution in [0.25, 0.3) is 0 Å². The van der Waals surface area contributed by atoms with E-state index in [0.29, 0.717) is 46.1 Å². The van der Waals surface area contributed by atoms with Gasteiger partial charge in [-0.15, -0.1) is 0 Å². The maximum Gasteiger partial charge on any atom is 0.268 e. The van der Waals surface area contributed by atoms with Crippen LogP contribution in [-0.2, 0) is 14.6 Å². The molecule has 0 spiro atoms. The minimum Gasteiger partial charge on any atom is -0.455 e. The highest BCUT2D eigenvalue weighted by Gasteiger charge is 2.33. The van der Waals surface area contributed by atoms with E-state index in [1.54, 1.807) is 24.3 Å². The van der Waals surface area contributed by atoms with Crippen molar-refractivity contribution >= 4 is 73.6 Å². The molecule has 1 aromatic heterocycles. The summed E-state index contributed by atoms with van der Waals surface area (Å²) in [4.78, 5) is 27.7. The van der Waals surface area contributed by atoms with Gasteiger partial charge in [0.25, 0.3) is 5.91 Å². The molecule has 0 saturated carbocycles. The standard InChI is InChI=1S/C28H29Cl3N6O5S/c29-21-3-1-4-22(30)25(21)37-17-42-26-20(27(37)38)14-32-28(34-26)33-18-5-6-24(23(31)13-18)36-10-8-35(9-11-36)7-2-12-43(39,40)19-15-41-16-19/h1,3-6,13-14,19H,2,7-12,15-17H2,(H,32,33,34). The summed E-state index contributed by atoms with van der Waals surface area (Å²) in [6, 6.07) is 10.6. The van der Waals surface area contributed by atoms with Crippen molar-refractivity contribution in [2.45, 2.75) is 11.7 Å². The smallest absolute Gasteiger partial charge is 0.268 e. The molecule has 4 heterocycles. The van der Waals surface area contributed by atoms with Gasteiger partial charge in [0.05, 0.1) is 45.4 Å². The van der Waals surface area contributed by atoms with E-state index in [9.17, 15) is 13.2 Å². The molecule has 3 aromatic rings. The Labute approximate surface area is 264 Å². The second-order valence-corrected chi connectivity index (χ2v) is 14.1. The highest BCUT2D eigenvalue weighted by Crippen LogP contribution is 2.37. The van der Waals surface area contributed by atoms with E-state index in [1.165, 1.54) is 11.1 Å². The number of aromatic nitrogens is 2. The lowest BCUT2D eigenvalue weighted by atomic mass is 10.2. The van der Waals surface area contributed by atoms with Crippen LogP contribution in [0.3, 0.4) is 0 Å². The van der Waals surface area contributed by atoms with Crippen molar-refractivity contribution in [1.29, 1.82) is 0 Å². The Morgan fingerprint density at radius 1 is 1.00 bits per heavy atom. The van der Waals surface area contributed by atoms with Gasteiger partial charge in [0.15, 0.2) is 16.6 Å². The summed E-state index contributed by atoms with van der Waals surface area (Å²) in [7, 11) is -3.06. The van der Waals surface area contributed by atoms with Crippen LogP contribution >= 0.6 is 34.8 Å². The summed E-state index contributed by atoms with van der Waals surface area (Å²) < 4.78 is 35.3. The van der Waals surface area contributed by atoms with Gasteiger partial charge in [-0.05, 0) is 43.3 Å². The zero-order chi connectivity index (χ0) is 30.1. The number of para-hydroxylation sites is 1. The van der Waals surface area contributed by atoms with Crippen molar-refractivity contribution in [3.63, 3.8) is 0 Å². The summed E-state index contributed by atoms with van der Waals surface area (Å²) in [5.74, 6) is 0.231. The first-order chi connectivity index (χ1) is 20.7. The third-order valence-electron chi connectivity index (χ3n) is 7.70. The quantitative estimate of drug-likeness (QED) is 0.350. The van der Waals surface area contributed by atoms with Crippen molar-refractivity contribution in [3.05, 3.63) is 63.2 Å². The minimum absolute atomic E-state index is 0.103. The number of anilines is 4. The Bertz CT molecular complexity index is 1610. The molecule has 3 aliphatic rings. The number of halogens is 3. The summed E-state index contributed by atoms with van der Waals surface area (Å²) in [5, 5.41) is 4.03. The van der Waals surface area contributed by atoms with Gasteiger partial charge in [0.1, 0.15) is 10.8 Å². The topological polar surface area (TPSA) is 117 Å². The van der Waals surface area contributed by atoms with E-state index in [-0.39, 0.29) is 41.0 Å². The number of benzene rings is 2. The number of carbonyl (C=O) groups excluding carboxylic acids is 1. The lowest BCUT2D eigenvalue weighted by Gasteiger charge is -2.36. The molecular weight excluding hydrogens is 639 g/mol. The highest BCUT2D eigenvalue weighted by molar-refractivity contribution is 7.92. The Kier molecular flexibility index (Phi) is 8.86. The van der Waals surface area contributed by atoms with Crippen LogP contribution in [0.4, 0.5) is 23.0 Å². The predicted molar refractivity (Wildman–Crippen MR) is 167 cm³/mol. The average Bonchev–Trinajstić information content (AvgIpc) is 2.93. The first-order valence-electron chi connectivity index (χ1n) is 13.8. The van der Waals surface area contributed by atoms with Crippen molar-refractivity contribution in [1.82, 2.24) is 14.9 Å². The number of rotatable bonds is 9. The monoisotopic (exact) mass is 666 g/mol. The van der Waals surface area contributed by atoms with Crippen LogP contribution in [0.15, 0.2) is 42.6 Å². The fourth-order valence-corrected chi connectivity index (χ4v) is 7.56. The number of amides is 1. The van der Waals surface area contributed by atoms with Crippen LogP contribution in [0.2, 0.25) is 15.1 Å². The van der Waals surface area contributed by atoms with Gasteiger partial charge in [-0.25, -0.2) is 13.4 Å². The SMILES string of the molecule is O=C1c2cnc(Nc3ccc(N4CCN(CCCS(=O)(=O)C5COC5)CC4)c(Cl)c3)nc2OCN1c1c(Cl)cccc1Cl. The number of ether oxygens (including phenoxy) is 2. The van der Waals surface area contributed by atoms with E-state index >= 15 is 0 Å². The fourth-order valence-electron chi connectivity index (χ4n) is 5.19. The third kappa shape index (κ3) is 6.50. The Morgan fingerprint density at radius 3 is 2.42 bits per heavy atom. The molecule has 11 nitrogen and oxygen atoms in total. The van der Waals surface area contributed by atoms with Crippen molar-refractivity contribution in [3.8, 4) is 5.88 Å². The molecule has 1 amide bonds. The van der Waals surface area contributed by atoms with Gasteiger partial charge in [0, 0.05) is 38.1 Å². The van der Waals surface area contributed by atoms with E-state index in [4.69, 9.17) is 44.3 Å². The normalized spacial score (nSPS) is 17.8. The first kappa shape index (κ1) is 30.2. The lowest BCUT2D eigenvalue weighted by molar-refractivity contribution is 0.0415. The van der Waals surface area contributed by atoms with E-state index in [1.807, 2.05) is 12.1 Å². The molecule has 2 saturated heterocycles. The van der Waals surface area contributed by atoms with E-state index in [0.717, 1.165) is 38.4 Å². The Balaban J connectivity index is 1.04. The van der Waals surface area contributed by atoms with Gasteiger partial charge in [-0.2, -0.15) is 4.98 Å². The van der Waals surface area contributed by atoms with Crippen molar-refractivity contribution in [2.75, 3.05) is 73.5 Å². The van der Waals surface area contributed by atoms with Gasteiger partial charge in [-0.1, -0.05) is 40.9 Å². The largest absolute Gasteiger partial charge is 0.455 e. The summed E-state index contributed by atoms with van der Waals surface area (Å²) in [5.41, 5.74) is 2.15. The molecule has 2 fully saturated rings. The van der Waals surface area contributed by atoms with E-state index in [2.05, 4.69) is 25.1 Å². The van der Waals surface area contributed by atoms with Crippen LogP contribution < -0.4 is 19.9 Å². The number of hydrogen-bond acceptors (Lipinski definition) is 10. The molecule has 1 N–H and O–H groups in total. The van der Waals surface area contributed by atoms with Gasteiger partial charge < -0.3 is 19.7 Å². The second-order valence-electron chi connectivity index (χ2n) is 10.5. The third-order valence-corrected chi connectivity index (χ3v) is 10.8. The molecule has 228 valence electrons. The van der Waals surface area contributed by atoms with Crippen molar-refractivity contribution < 1.29 is 22.7 Å². The summed E-state index contributed by atoms with van der Waals surface area (Å²) in [6.07, 6.45) is 2.02. The van der Waals surface area contributed by atoms with Crippen LogP contribution in [0, 0.1) is 0 Å². The molecule has 0 atom stereocenters. The number of piperazine rings is 1. The number of nitrogens with one attached hydrogen (secondary N) is 1. The molecule has 0 bridgehead atoms. The maximum absolute atomic E-state index is 13.1. The van der Waals surface area contributed by atoms with Crippen LogP contribution in [0.1, 0.15) is 16.8 Å². The average molecular weight is 668 g/mol. The maximum atomic E-state index is 13.1. The molecule has 0 aliphatic carbocycles. The number of hydrogen-bond donors (Lipinski definition) is 1.